The molecule has 5 rings (SSSR count). The first-order chi connectivity index (χ1) is 25.8. The van der Waals surface area contributed by atoms with Gasteiger partial charge in [-0.15, -0.1) is 0 Å². The van der Waals surface area contributed by atoms with Crippen molar-refractivity contribution < 1.29 is 88.3 Å². The molecule has 0 aliphatic carbocycles. The molecule has 14 atom stereocenters. The van der Waals surface area contributed by atoms with E-state index >= 15 is 0 Å². The van der Waals surface area contributed by atoms with Crippen LogP contribution in [0.1, 0.15) is 18.1 Å². The van der Waals surface area contributed by atoms with Crippen LogP contribution in [0.4, 0.5) is 0 Å². The summed E-state index contributed by atoms with van der Waals surface area (Å²) in [6, 6.07) is 11.4. The van der Waals surface area contributed by atoms with E-state index in [9.17, 15) is 45.6 Å². The van der Waals surface area contributed by atoms with E-state index in [0.717, 1.165) is 11.6 Å². The lowest BCUT2D eigenvalue weighted by Gasteiger charge is -2.46. The molecule has 0 saturated carbocycles. The number of aliphatic hydroxyl groups excluding tert-OH is 7. The van der Waals surface area contributed by atoms with E-state index in [2.05, 4.69) is 0 Å². The van der Waals surface area contributed by atoms with Crippen LogP contribution in [-0.4, -0.2) is 167 Å². The van der Waals surface area contributed by atoms with Gasteiger partial charge in [0.25, 0.3) is 0 Å². The molecule has 18 nitrogen and oxygen atoms in total. The summed E-state index contributed by atoms with van der Waals surface area (Å²) in [5, 5.41) is 83.4. The third-order valence-electron chi connectivity index (χ3n) is 9.27. The van der Waals surface area contributed by atoms with Crippen LogP contribution in [0.3, 0.4) is 0 Å². The van der Waals surface area contributed by atoms with Crippen LogP contribution in [0.2, 0.25) is 0 Å². The Labute approximate surface area is 310 Å². The maximum absolute atomic E-state index is 13.1. The molecule has 3 heterocycles. The van der Waals surface area contributed by atoms with Crippen molar-refractivity contribution in [2.24, 2.45) is 0 Å². The number of benzene rings is 2. The maximum atomic E-state index is 13.1. The Bertz CT molecular complexity index is 1520. The standard InChI is InChI=1S/C36H48O18/c1-17-32(53-25(39)11-7-19-6-10-22(46-2)23(14-19)47-3)33(54-35-29(43)26(40)21(38)15-49-35)31(45)36(51-17)50-16-24-27(41)28(42)30(44)34(52-24)48-13-12-18-4-8-20(37)9-5-18/h4-11,14,17,21,24,26-38,40-45H,12-13,15-16H2,1-3H3/t17-,21+,24+,26-,27+,28-,29+,30+,31+,32-,33-,34+,35-,36+/m0/s1. The summed E-state index contributed by atoms with van der Waals surface area (Å²) in [6.45, 7) is 0.624. The molecule has 0 aromatic heterocycles. The smallest absolute Gasteiger partial charge is 0.331 e. The number of hydrogen-bond donors (Lipinski definition) is 8. The normalized spacial score (nSPS) is 35.8. The molecular weight excluding hydrogens is 720 g/mol. The first-order valence-electron chi connectivity index (χ1n) is 17.3. The molecule has 18 heteroatoms. The van der Waals surface area contributed by atoms with Crippen LogP contribution in [0.25, 0.3) is 6.08 Å². The van der Waals surface area contributed by atoms with Crippen LogP contribution in [0.5, 0.6) is 17.2 Å². The Morgan fingerprint density at radius 1 is 0.778 bits per heavy atom. The van der Waals surface area contributed by atoms with Crippen LogP contribution in [-0.2, 0) is 44.4 Å². The van der Waals surface area contributed by atoms with E-state index < -0.39 is 105 Å². The highest BCUT2D eigenvalue weighted by atomic mass is 16.7. The van der Waals surface area contributed by atoms with E-state index in [1.54, 1.807) is 30.3 Å². The van der Waals surface area contributed by atoms with Crippen LogP contribution >= 0.6 is 0 Å². The zero-order valence-electron chi connectivity index (χ0n) is 29.8. The number of aromatic hydroxyl groups is 1. The van der Waals surface area contributed by atoms with Gasteiger partial charge in [-0.3, -0.25) is 0 Å². The molecule has 54 heavy (non-hydrogen) atoms. The van der Waals surface area contributed by atoms with Gasteiger partial charge in [-0.1, -0.05) is 18.2 Å². The summed E-state index contributed by atoms with van der Waals surface area (Å²) in [5.41, 5.74) is 1.39. The molecule has 2 aromatic rings. The Morgan fingerprint density at radius 2 is 1.46 bits per heavy atom. The predicted octanol–water partition coefficient (Wildman–Crippen LogP) is -1.65. The number of rotatable bonds is 14. The van der Waals surface area contributed by atoms with Gasteiger partial charge in [0.05, 0.1) is 40.1 Å². The average molecular weight is 769 g/mol. The van der Waals surface area contributed by atoms with Crippen molar-refractivity contribution in [2.45, 2.75) is 99.4 Å². The topological polar surface area (TPSA) is 262 Å². The van der Waals surface area contributed by atoms with Gasteiger partial charge in [0.2, 0.25) is 0 Å². The largest absolute Gasteiger partial charge is 0.508 e. The second-order valence-corrected chi connectivity index (χ2v) is 13.0. The van der Waals surface area contributed by atoms with Gasteiger partial charge in [-0.2, -0.15) is 0 Å². The number of phenolic OH excluding ortho intramolecular Hbond substituents is 1. The number of phenols is 1. The Morgan fingerprint density at radius 3 is 2.17 bits per heavy atom. The average Bonchev–Trinajstić information content (AvgIpc) is 3.17. The molecule has 3 aliphatic rings. The molecule has 3 fully saturated rings. The number of methoxy groups -OCH3 is 2. The highest BCUT2D eigenvalue weighted by molar-refractivity contribution is 5.87. The van der Waals surface area contributed by atoms with Crippen LogP contribution in [0.15, 0.2) is 48.5 Å². The minimum atomic E-state index is -1.76. The highest BCUT2D eigenvalue weighted by Crippen LogP contribution is 2.32. The molecule has 8 N–H and O–H groups in total. The number of esters is 1. The maximum Gasteiger partial charge on any atom is 0.331 e. The minimum Gasteiger partial charge on any atom is -0.508 e. The Hall–Kier alpha value is -3.47. The van der Waals surface area contributed by atoms with Crippen molar-refractivity contribution in [1.29, 1.82) is 0 Å². The quantitative estimate of drug-likeness (QED) is 0.0791. The van der Waals surface area contributed by atoms with Crippen molar-refractivity contribution in [1.82, 2.24) is 0 Å². The zero-order chi connectivity index (χ0) is 39.1. The lowest BCUT2D eigenvalue weighted by molar-refractivity contribution is -0.354. The van der Waals surface area contributed by atoms with Crippen molar-refractivity contribution in [3.8, 4) is 17.2 Å². The summed E-state index contributed by atoms with van der Waals surface area (Å²) in [5.74, 6) is 0.136. The molecule has 0 amide bonds. The van der Waals surface area contributed by atoms with Crippen molar-refractivity contribution in [3.05, 3.63) is 59.7 Å². The van der Waals surface area contributed by atoms with Crippen molar-refractivity contribution in [3.63, 3.8) is 0 Å². The second-order valence-electron chi connectivity index (χ2n) is 13.0. The number of ether oxygens (including phenoxy) is 9. The minimum absolute atomic E-state index is 0.0499. The van der Waals surface area contributed by atoms with Gasteiger partial charge < -0.3 is 83.5 Å². The molecule has 0 spiro atoms. The Balaban J connectivity index is 1.26. The van der Waals surface area contributed by atoms with Gasteiger partial charge in [0, 0.05) is 6.08 Å². The first kappa shape index (κ1) is 41.7. The molecule has 3 saturated heterocycles. The number of hydrogen-bond acceptors (Lipinski definition) is 18. The third kappa shape index (κ3) is 10.0. The van der Waals surface area contributed by atoms with Gasteiger partial charge >= 0.3 is 5.97 Å². The lowest BCUT2D eigenvalue weighted by atomic mass is 9.98. The molecule has 0 bridgehead atoms. The van der Waals surface area contributed by atoms with Crippen molar-refractivity contribution in [2.75, 3.05) is 34.0 Å². The first-order valence-corrected chi connectivity index (χ1v) is 17.3. The zero-order valence-corrected chi connectivity index (χ0v) is 29.8. The molecule has 0 unspecified atom stereocenters. The van der Waals surface area contributed by atoms with Crippen LogP contribution in [0, 0.1) is 0 Å². The van der Waals surface area contributed by atoms with Gasteiger partial charge in [-0.25, -0.2) is 4.79 Å². The summed E-state index contributed by atoms with van der Waals surface area (Å²) in [6.07, 6.45) is -18.3. The second kappa shape index (κ2) is 18.9. The van der Waals surface area contributed by atoms with E-state index in [4.69, 9.17) is 42.6 Å². The van der Waals surface area contributed by atoms with Gasteiger partial charge in [0.15, 0.2) is 36.5 Å². The van der Waals surface area contributed by atoms with Gasteiger partial charge in [0.1, 0.15) is 60.7 Å². The number of aliphatic hydroxyl groups is 7. The van der Waals surface area contributed by atoms with Crippen LogP contribution < -0.4 is 9.47 Å². The summed E-state index contributed by atoms with van der Waals surface area (Å²) >= 11 is 0. The van der Waals surface area contributed by atoms with Gasteiger partial charge in [-0.05, 0) is 54.8 Å². The number of carbonyl (C=O) groups is 1. The molecule has 2 aromatic carbocycles. The fraction of sp³-hybridized carbons (Fsp3) is 0.583. The predicted molar refractivity (Wildman–Crippen MR) is 182 cm³/mol. The van der Waals surface area contributed by atoms with E-state index in [0.29, 0.717) is 23.5 Å². The summed E-state index contributed by atoms with van der Waals surface area (Å²) in [7, 11) is 2.95. The SMILES string of the molecule is COc1ccc(C=CC(=O)O[C@@H]2[C@@H](O[C@@H]3OC[C@@H](O)[C@H](O)[C@H]3O)[C@@H](O)[C@H](OC[C@H]3O[C@@H](OCCc4ccc(O)cc4)[C@H](O)[C@@H](O)[C@@H]3O)O[C@H]2C)cc1OC. The van der Waals surface area contributed by atoms with E-state index in [-0.39, 0.29) is 12.4 Å². The Kier molecular flexibility index (Phi) is 14.6. The lowest BCUT2D eigenvalue weighted by Crippen LogP contribution is -2.64. The molecule has 0 radical (unpaired) electrons. The molecule has 3 aliphatic heterocycles. The third-order valence-corrected chi connectivity index (χ3v) is 9.27. The summed E-state index contributed by atoms with van der Waals surface area (Å²) < 4.78 is 50.5. The van der Waals surface area contributed by atoms with E-state index in [1.165, 1.54) is 39.4 Å². The van der Waals surface area contributed by atoms with Crippen molar-refractivity contribution >= 4 is 12.0 Å². The molecule has 300 valence electrons. The fourth-order valence-corrected chi connectivity index (χ4v) is 6.13. The molecular formula is C36H48O18. The number of carbonyl (C=O) groups excluding carboxylic acids is 1. The summed E-state index contributed by atoms with van der Waals surface area (Å²) in [4.78, 5) is 13.1. The van der Waals surface area contributed by atoms with E-state index in [1.807, 2.05) is 0 Å². The fourth-order valence-electron chi connectivity index (χ4n) is 6.13. The highest BCUT2D eigenvalue weighted by Gasteiger charge is 2.51. The monoisotopic (exact) mass is 768 g/mol.